The fourth-order valence-electron chi connectivity index (χ4n) is 4.36. The molecule has 0 aliphatic carbocycles. The van der Waals surface area contributed by atoms with Gasteiger partial charge >= 0.3 is 0 Å². The lowest BCUT2D eigenvalue weighted by Gasteiger charge is -2.20. The molecular formula is C23H31ClN2O3S. The summed E-state index contributed by atoms with van der Waals surface area (Å²) in [6.45, 7) is 5.19. The SMILES string of the molecule is C[C@@H]1CCCN1CCc1ccc(-c2ccc(S(=O)(=O)N3CCC(O)C3)cc2)cc1.Cl. The maximum Gasteiger partial charge on any atom is 0.243 e. The van der Waals surface area contributed by atoms with Crippen molar-refractivity contribution in [3.8, 4) is 11.1 Å². The van der Waals surface area contributed by atoms with E-state index in [2.05, 4.69) is 36.1 Å². The van der Waals surface area contributed by atoms with Crippen molar-refractivity contribution in [2.45, 2.75) is 49.6 Å². The van der Waals surface area contributed by atoms with Gasteiger partial charge in [-0.2, -0.15) is 4.31 Å². The first-order valence-electron chi connectivity index (χ1n) is 10.5. The maximum absolute atomic E-state index is 12.7. The Morgan fingerprint density at radius 1 is 0.967 bits per heavy atom. The smallest absolute Gasteiger partial charge is 0.243 e. The molecule has 1 N–H and O–H groups in total. The van der Waals surface area contributed by atoms with Crippen molar-refractivity contribution in [3.63, 3.8) is 0 Å². The quantitative estimate of drug-likeness (QED) is 0.731. The average Bonchev–Trinajstić information content (AvgIpc) is 3.35. The number of rotatable bonds is 6. The second-order valence-electron chi connectivity index (χ2n) is 8.30. The summed E-state index contributed by atoms with van der Waals surface area (Å²) in [6, 6.07) is 16.3. The summed E-state index contributed by atoms with van der Waals surface area (Å²) in [4.78, 5) is 2.85. The Bertz CT molecular complexity index is 932. The second-order valence-corrected chi connectivity index (χ2v) is 10.2. The van der Waals surface area contributed by atoms with E-state index < -0.39 is 16.1 Å². The number of likely N-dealkylation sites (tertiary alicyclic amines) is 1. The van der Waals surface area contributed by atoms with Crippen molar-refractivity contribution in [1.82, 2.24) is 9.21 Å². The Kier molecular flexibility index (Phi) is 7.58. The van der Waals surface area contributed by atoms with Crippen LogP contribution in [0.5, 0.6) is 0 Å². The summed E-state index contributed by atoms with van der Waals surface area (Å²) in [5, 5.41) is 9.63. The number of aliphatic hydroxyl groups is 1. The monoisotopic (exact) mass is 450 g/mol. The Morgan fingerprint density at radius 2 is 1.60 bits per heavy atom. The molecule has 2 fully saturated rings. The van der Waals surface area contributed by atoms with E-state index in [1.54, 1.807) is 12.1 Å². The molecule has 0 radical (unpaired) electrons. The Balaban J connectivity index is 0.00000256. The molecule has 2 aliphatic heterocycles. The van der Waals surface area contributed by atoms with E-state index in [0.29, 0.717) is 19.0 Å². The predicted molar refractivity (Wildman–Crippen MR) is 122 cm³/mol. The van der Waals surface area contributed by atoms with Gasteiger partial charge in [0.15, 0.2) is 0 Å². The van der Waals surface area contributed by atoms with Crippen LogP contribution in [-0.4, -0.2) is 61.1 Å². The highest BCUT2D eigenvalue weighted by molar-refractivity contribution is 7.89. The highest BCUT2D eigenvalue weighted by Crippen LogP contribution is 2.25. The minimum absolute atomic E-state index is 0. The van der Waals surface area contributed by atoms with Crippen LogP contribution in [0.1, 0.15) is 31.7 Å². The first-order chi connectivity index (χ1) is 13.9. The van der Waals surface area contributed by atoms with Gasteiger partial charge in [-0.15, -0.1) is 12.4 Å². The van der Waals surface area contributed by atoms with Gasteiger partial charge in [0.05, 0.1) is 11.0 Å². The normalized spacial score (nSPS) is 22.9. The largest absolute Gasteiger partial charge is 0.392 e. The Hall–Kier alpha value is -1.44. The van der Waals surface area contributed by atoms with E-state index in [4.69, 9.17) is 0 Å². The Labute approximate surface area is 186 Å². The van der Waals surface area contributed by atoms with Crippen LogP contribution in [0.3, 0.4) is 0 Å². The van der Waals surface area contributed by atoms with Crippen LogP contribution in [-0.2, 0) is 16.4 Å². The van der Waals surface area contributed by atoms with Gasteiger partial charge in [0.25, 0.3) is 0 Å². The van der Waals surface area contributed by atoms with Gasteiger partial charge < -0.3 is 10.0 Å². The fraction of sp³-hybridized carbons (Fsp3) is 0.478. The fourth-order valence-corrected chi connectivity index (χ4v) is 5.85. The van der Waals surface area contributed by atoms with Crippen LogP contribution >= 0.6 is 12.4 Å². The number of hydrogen-bond acceptors (Lipinski definition) is 4. The van der Waals surface area contributed by atoms with Gasteiger partial charge in [0.1, 0.15) is 0 Å². The minimum Gasteiger partial charge on any atom is -0.392 e. The molecule has 2 atom stereocenters. The average molecular weight is 451 g/mol. The number of halogens is 1. The number of aliphatic hydroxyl groups excluding tert-OH is 1. The lowest BCUT2D eigenvalue weighted by Crippen LogP contribution is -2.29. The molecule has 0 spiro atoms. The van der Waals surface area contributed by atoms with Crippen LogP contribution in [0.2, 0.25) is 0 Å². The molecule has 4 rings (SSSR count). The molecule has 164 valence electrons. The van der Waals surface area contributed by atoms with Gasteiger partial charge in [-0.3, -0.25) is 0 Å². The summed E-state index contributed by atoms with van der Waals surface area (Å²) in [5.41, 5.74) is 3.42. The third-order valence-electron chi connectivity index (χ3n) is 6.28. The number of hydrogen-bond donors (Lipinski definition) is 1. The van der Waals surface area contributed by atoms with E-state index in [-0.39, 0.29) is 23.8 Å². The molecule has 2 saturated heterocycles. The maximum atomic E-state index is 12.7. The van der Waals surface area contributed by atoms with E-state index in [1.165, 1.54) is 29.3 Å². The molecule has 0 aromatic heterocycles. The zero-order chi connectivity index (χ0) is 20.4. The summed E-state index contributed by atoms with van der Waals surface area (Å²) < 4.78 is 26.7. The number of sulfonamides is 1. The molecule has 2 heterocycles. The predicted octanol–water partition coefficient (Wildman–Crippen LogP) is 3.56. The molecule has 30 heavy (non-hydrogen) atoms. The number of benzene rings is 2. The molecule has 7 heteroatoms. The van der Waals surface area contributed by atoms with Crippen molar-refractivity contribution in [2.75, 3.05) is 26.2 Å². The minimum atomic E-state index is -3.53. The van der Waals surface area contributed by atoms with Crippen LogP contribution in [0.25, 0.3) is 11.1 Å². The highest BCUT2D eigenvalue weighted by Gasteiger charge is 2.31. The van der Waals surface area contributed by atoms with Crippen molar-refractivity contribution in [1.29, 1.82) is 0 Å². The van der Waals surface area contributed by atoms with E-state index in [0.717, 1.165) is 24.1 Å². The molecule has 0 saturated carbocycles. The molecule has 0 amide bonds. The summed E-state index contributed by atoms with van der Waals surface area (Å²) in [6.07, 6.45) is 3.62. The first kappa shape index (κ1) is 23.2. The van der Waals surface area contributed by atoms with E-state index in [1.807, 2.05) is 12.1 Å². The van der Waals surface area contributed by atoms with Gasteiger partial charge in [0.2, 0.25) is 10.0 Å². The van der Waals surface area contributed by atoms with Gasteiger partial charge in [-0.1, -0.05) is 36.4 Å². The molecule has 5 nitrogen and oxygen atoms in total. The lowest BCUT2D eigenvalue weighted by atomic mass is 10.0. The zero-order valence-corrected chi connectivity index (χ0v) is 19.0. The molecule has 2 aromatic carbocycles. The van der Waals surface area contributed by atoms with E-state index >= 15 is 0 Å². The Morgan fingerprint density at radius 3 is 2.13 bits per heavy atom. The van der Waals surface area contributed by atoms with Gasteiger partial charge in [0, 0.05) is 25.7 Å². The molecule has 1 unspecified atom stereocenters. The second kappa shape index (κ2) is 9.79. The summed E-state index contributed by atoms with van der Waals surface area (Å²) >= 11 is 0. The van der Waals surface area contributed by atoms with Crippen LogP contribution in [0.15, 0.2) is 53.4 Å². The van der Waals surface area contributed by atoms with Crippen molar-refractivity contribution < 1.29 is 13.5 Å². The third-order valence-corrected chi connectivity index (χ3v) is 8.16. The number of nitrogens with zero attached hydrogens (tertiary/aromatic N) is 2. The highest BCUT2D eigenvalue weighted by atomic mass is 35.5. The molecule has 2 aromatic rings. The zero-order valence-electron chi connectivity index (χ0n) is 17.4. The third kappa shape index (κ3) is 5.06. The summed E-state index contributed by atoms with van der Waals surface area (Å²) in [7, 11) is -3.53. The molecule has 2 aliphatic rings. The van der Waals surface area contributed by atoms with Crippen LogP contribution in [0.4, 0.5) is 0 Å². The van der Waals surface area contributed by atoms with Crippen LogP contribution in [0, 0.1) is 0 Å². The van der Waals surface area contributed by atoms with Gasteiger partial charge in [-0.25, -0.2) is 8.42 Å². The van der Waals surface area contributed by atoms with Crippen LogP contribution < -0.4 is 0 Å². The lowest BCUT2D eigenvalue weighted by molar-refractivity contribution is 0.189. The van der Waals surface area contributed by atoms with Crippen molar-refractivity contribution >= 4 is 22.4 Å². The topological polar surface area (TPSA) is 60.9 Å². The molecule has 0 bridgehead atoms. The first-order valence-corrected chi connectivity index (χ1v) is 12.0. The standard InChI is InChI=1S/C23H30N2O3S.ClH/c1-18-3-2-14-24(18)15-12-19-4-6-20(7-5-19)21-8-10-23(11-9-21)29(27,28)25-16-13-22(26)17-25;/h4-11,18,22,26H,2-3,12-17H2,1H3;1H/t18-,22?;/m1./s1. The van der Waals surface area contributed by atoms with Gasteiger partial charge in [-0.05, 0) is 68.0 Å². The van der Waals surface area contributed by atoms with Crippen molar-refractivity contribution in [2.24, 2.45) is 0 Å². The van der Waals surface area contributed by atoms with Crippen molar-refractivity contribution in [3.05, 3.63) is 54.1 Å². The van der Waals surface area contributed by atoms with E-state index in [9.17, 15) is 13.5 Å². The summed E-state index contributed by atoms with van der Waals surface area (Å²) in [5.74, 6) is 0. The number of β-amino-alcohol motifs (C(OH)–C–C–N with tert-alkyl or cyclic N) is 1. The molecular weight excluding hydrogens is 420 g/mol.